The van der Waals surface area contributed by atoms with Crippen LogP contribution in [-0.4, -0.2) is 28.4 Å². The van der Waals surface area contributed by atoms with Crippen molar-refractivity contribution in [1.29, 1.82) is 0 Å². The summed E-state index contributed by atoms with van der Waals surface area (Å²) in [6.45, 7) is 1.26. The van der Waals surface area contributed by atoms with Crippen LogP contribution >= 0.6 is 45.2 Å². The predicted molar refractivity (Wildman–Crippen MR) is 80.6 cm³/mol. The zero-order chi connectivity index (χ0) is 11.8. The van der Waals surface area contributed by atoms with Gasteiger partial charge in [0.25, 0.3) is 0 Å². The standard InChI is InChI=1S/C11H12I2O3/c12-3-5-15-10-2-1-9(8-14)7-11(10)16-6-4-13/h1-2,7-8H,3-6H2. The van der Waals surface area contributed by atoms with E-state index in [1.807, 2.05) is 0 Å². The Hall–Kier alpha value is -0.0500. The highest BCUT2D eigenvalue weighted by Crippen LogP contribution is 2.28. The summed E-state index contributed by atoms with van der Waals surface area (Å²) in [5.74, 6) is 1.35. The fraction of sp³-hybridized carbons (Fsp3) is 0.364. The van der Waals surface area contributed by atoms with Gasteiger partial charge in [-0.3, -0.25) is 4.79 Å². The van der Waals surface area contributed by atoms with Crippen molar-refractivity contribution in [2.45, 2.75) is 0 Å². The summed E-state index contributed by atoms with van der Waals surface area (Å²) < 4.78 is 12.9. The van der Waals surface area contributed by atoms with Crippen LogP contribution in [0.15, 0.2) is 18.2 Å². The van der Waals surface area contributed by atoms with Crippen LogP contribution in [0.2, 0.25) is 0 Å². The number of benzene rings is 1. The predicted octanol–water partition coefficient (Wildman–Crippen LogP) is 3.13. The van der Waals surface area contributed by atoms with Gasteiger partial charge in [-0.25, -0.2) is 0 Å². The topological polar surface area (TPSA) is 35.5 Å². The van der Waals surface area contributed by atoms with Crippen molar-refractivity contribution >= 4 is 51.5 Å². The van der Waals surface area contributed by atoms with Gasteiger partial charge in [0.1, 0.15) is 6.29 Å². The van der Waals surface area contributed by atoms with Crippen LogP contribution in [0.1, 0.15) is 10.4 Å². The Kier molecular flexibility index (Phi) is 7.10. The van der Waals surface area contributed by atoms with Crippen molar-refractivity contribution in [3.8, 4) is 11.5 Å². The number of carbonyl (C=O) groups is 1. The molecule has 3 nitrogen and oxygen atoms in total. The van der Waals surface area contributed by atoms with E-state index in [0.29, 0.717) is 30.3 Å². The van der Waals surface area contributed by atoms with Gasteiger partial charge in [-0.05, 0) is 18.2 Å². The van der Waals surface area contributed by atoms with Crippen LogP contribution in [0.3, 0.4) is 0 Å². The first-order valence-corrected chi connectivity index (χ1v) is 7.83. The van der Waals surface area contributed by atoms with Crippen LogP contribution in [0.5, 0.6) is 11.5 Å². The molecule has 16 heavy (non-hydrogen) atoms. The summed E-state index contributed by atoms with van der Waals surface area (Å²) >= 11 is 4.48. The van der Waals surface area contributed by atoms with E-state index in [-0.39, 0.29) is 0 Å². The third-order valence-corrected chi connectivity index (χ3v) is 2.65. The molecule has 0 fully saturated rings. The van der Waals surface area contributed by atoms with E-state index >= 15 is 0 Å². The molecule has 0 bridgehead atoms. The minimum Gasteiger partial charge on any atom is -0.489 e. The van der Waals surface area contributed by atoms with E-state index in [1.54, 1.807) is 18.2 Å². The first kappa shape index (κ1) is 14.0. The molecule has 0 atom stereocenters. The number of carbonyl (C=O) groups excluding carboxylic acids is 1. The highest BCUT2D eigenvalue weighted by molar-refractivity contribution is 14.1. The van der Waals surface area contributed by atoms with E-state index in [0.717, 1.165) is 15.1 Å². The Morgan fingerprint density at radius 3 is 2.25 bits per heavy atom. The molecule has 5 heteroatoms. The van der Waals surface area contributed by atoms with Crippen LogP contribution in [-0.2, 0) is 0 Å². The fourth-order valence-electron chi connectivity index (χ4n) is 1.13. The molecule has 1 aromatic carbocycles. The van der Waals surface area contributed by atoms with Gasteiger partial charge >= 0.3 is 0 Å². The second-order valence-electron chi connectivity index (χ2n) is 2.90. The highest BCUT2D eigenvalue weighted by atomic mass is 127. The molecule has 0 saturated carbocycles. The normalized spacial score (nSPS) is 9.88. The molecule has 0 heterocycles. The molecule has 0 amide bonds. The second kappa shape index (κ2) is 8.10. The van der Waals surface area contributed by atoms with Crippen molar-refractivity contribution in [3.05, 3.63) is 23.8 Å². The lowest BCUT2D eigenvalue weighted by Gasteiger charge is -2.11. The molecule has 0 aliphatic heterocycles. The van der Waals surface area contributed by atoms with Crippen LogP contribution < -0.4 is 9.47 Å². The molecule has 0 unspecified atom stereocenters. The van der Waals surface area contributed by atoms with Crippen molar-refractivity contribution in [2.24, 2.45) is 0 Å². The Bertz CT molecular complexity index is 342. The Morgan fingerprint density at radius 1 is 1.06 bits per heavy atom. The van der Waals surface area contributed by atoms with E-state index < -0.39 is 0 Å². The van der Waals surface area contributed by atoms with E-state index in [1.165, 1.54) is 0 Å². The van der Waals surface area contributed by atoms with Crippen molar-refractivity contribution in [3.63, 3.8) is 0 Å². The molecule has 0 N–H and O–H groups in total. The number of aldehydes is 1. The maximum Gasteiger partial charge on any atom is 0.161 e. The van der Waals surface area contributed by atoms with Crippen molar-refractivity contribution in [2.75, 3.05) is 22.1 Å². The van der Waals surface area contributed by atoms with Crippen LogP contribution in [0.4, 0.5) is 0 Å². The lowest BCUT2D eigenvalue weighted by Crippen LogP contribution is -2.03. The van der Waals surface area contributed by atoms with Gasteiger partial charge in [0, 0.05) is 14.4 Å². The SMILES string of the molecule is O=Cc1ccc(OCCI)c(OCCI)c1. The van der Waals surface area contributed by atoms with Crippen LogP contribution in [0.25, 0.3) is 0 Å². The van der Waals surface area contributed by atoms with Crippen molar-refractivity contribution < 1.29 is 14.3 Å². The third kappa shape index (κ3) is 4.44. The quantitative estimate of drug-likeness (QED) is 0.367. The van der Waals surface area contributed by atoms with Crippen LogP contribution in [0, 0.1) is 0 Å². The minimum atomic E-state index is 0.602. The molecular formula is C11H12I2O3. The summed E-state index contributed by atoms with van der Waals surface area (Å²) in [4.78, 5) is 10.7. The Balaban J connectivity index is 2.82. The first-order valence-electron chi connectivity index (χ1n) is 4.78. The first-order chi connectivity index (χ1) is 7.81. The lowest BCUT2D eigenvalue weighted by atomic mass is 10.2. The maximum absolute atomic E-state index is 10.7. The summed E-state index contributed by atoms with van der Waals surface area (Å²) in [7, 11) is 0. The van der Waals surface area contributed by atoms with Gasteiger partial charge in [-0.15, -0.1) is 0 Å². The number of halogens is 2. The fourth-order valence-corrected chi connectivity index (χ4v) is 1.57. The number of hydrogen-bond acceptors (Lipinski definition) is 3. The third-order valence-electron chi connectivity index (χ3n) is 1.77. The smallest absolute Gasteiger partial charge is 0.161 e. The molecule has 1 rings (SSSR count). The minimum absolute atomic E-state index is 0.602. The van der Waals surface area contributed by atoms with Gasteiger partial charge in [0.05, 0.1) is 13.2 Å². The average molecular weight is 446 g/mol. The monoisotopic (exact) mass is 446 g/mol. The number of ether oxygens (including phenoxy) is 2. The second-order valence-corrected chi connectivity index (χ2v) is 5.06. The molecule has 0 aromatic heterocycles. The largest absolute Gasteiger partial charge is 0.489 e. The Morgan fingerprint density at radius 2 is 1.69 bits per heavy atom. The zero-order valence-corrected chi connectivity index (χ0v) is 12.9. The molecule has 0 spiro atoms. The van der Waals surface area contributed by atoms with E-state index in [2.05, 4.69) is 45.2 Å². The number of hydrogen-bond donors (Lipinski definition) is 0. The summed E-state index contributed by atoms with van der Waals surface area (Å²) in [5, 5.41) is 0. The van der Waals surface area contributed by atoms with Gasteiger partial charge < -0.3 is 9.47 Å². The zero-order valence-electron chi connectivity index (χ0n) is 8.62. The van der Waals surface area contributed by atoms with E-state index in [4.69, 9.17) is 9.47 Å². The maximum atomic E-state index is 10.7. The number of alkyl halides is 2. The van der Waals surface area contributed by atoms with E-state index in [9.17, 15) is 4.79 Å². The molecule has 0 radical (unpaired) electrons. The van der Waals surface area contributed by atoms with Gasteiger partial charge in [0.2, 0.25) is 0 Å². The molecular weight excluding hydrogens is 434 g/mol. The molecule has 0 aliphatic rings. The molecule has 88 valence electrons. The summed E-state index contributed by atoms with van der Waals surface area (Å²) in [6, 6.07) is 5.22. The van der Waals surface area contributed by atoms with Gasteiger partial charge in [0.15, 0.2) is 11.5 Å². The average Bonchev–Trinajstić information content (AvgIpc) is 2.34. The summed E-state index contributed by atoms with van der Waals surface area (Å²) in [5.41, 5.74) is 0.602. The molecule has 0 aliphatic carbocycles. The highest BCUT2D eigenvalue weighted by Gasteiger charge is 2.06. The Labute approximate surface area is 122 Å². The lowest BCUT2D eigenvalue weighted by molar-refractivity contribution is 0.112. The number of rotatable bonds is 7. The van der Waals surface area contributed by atoms with Crippen molar-refractivity contribution in [1.82, 2.24) is 0 Å². The van der Waals surface area contributed by atoms with Gasteiger partial charge in [-0.1, -0.05) is 45.2 Å². The van der Waals surface area contributed by atoms with Gasteiger partial charge in [-0.2, -0.15) is 0 Å². The summed E-state index contributed by atoms with van der Waals surface area (Å²) in [6.07, 6.45) is 0.805. The molecule has 0 saturated heterocycles. The molecule has 1 aromatic rings.